The lowest BCUT2D eigenvalue weighted by atomic mass is 10.0. The molecular weight excluding hydrogens is 378 g/mol. The maximum absolute atomic E-state index is 12.4. The van der Waals surface area contributed by atoms with E-state index in [0.29, 0.717) is 11.7 Å². The van der Waals surface area contributed by atoms with Crippen molar-refractivity contribution in [2.45, 2.75) is 46.5 Å². The molecule has 25 heavy (non-hydrogen) atoms. The van der Waals surface area contributed by atoms with E-state index in [1.54, 1.807) is 0 Å². The van der Waals surface area contributed by atoms with Gasteiger partial charge in [-0.15, -0.1) is 0 Å². The van der Waals surface area contributed by atoms with E-state index in [2.05, 4.69) is 61.1 Å². The molecule has 1 amide bonds. The van der Waals surface area contributed by atoms with Gasteiger partial charge in [0.25, 0.3) is 5.91 Å². The molecule has 0 aliphatic heterocycles. The quantitative estimate of drug-likeness (QED) is 0.642. The Bertz CT molecular complexity index is 718. The highest BCUT2D eigenvalue weighted by Crippen LogP contribution is 2.29. The van der Waals surface area contributed by atoms with Gasteiger partial charge in [-0.25, -0.2) is 0 Å². The molecule has 4 heteroatoms. The molecule has 0 unspecified atom stereocenters. The molecule has 0 radical (unpaired) electrons. The number of ether oxygens (including phenoxy) is 1. The van der Waals surface area contributed by atoms with Crippen LogP contribution in [0.4, 0.5) is 5.69 Å². The largest absolute Gasteiger partial charge is 0.483 e. The SMILES string of the molecule is CCc1cccc(CC)c1NC(=O)COc1ccc(C(C)C)cc1Br. The average molecular weight is 404 g/mol. The van der Waals surface area contributed by atoms with Gasteiger partial charge in [0.15, 0.2) is 6.61 Å². The number of hydrogen-bond acceptors (Lipinski definition) is 2. The van der Waals surface area contributed by atoms with Gasteiger partial charge in [0.05, 0.1) is 4.47 Å². The highest BCUT2D eigenvalue weighted by molar-refractivity contribution is 9.10. The molecular formula is C21H26BrNO2. The fraction of sp³-hybridized carbons (Fsp3) is 0.381. The zero-order chi connectivity index (χ0) is 18.4. The first kappa shape index (κ1) is 19.5. The van der Waals surface area contributed by atoms with Gasteiger partial charge in [0.2, 0.25) is 0 Å². The molecule has 0 saturated heterocycles. The maximum Gasteiger partial charge on any atom is 0.262 e. The van der Waals surface area contributed by atoms with Crippen molar-refractivity contribution in [1.29, 1.82) is 0 Å². The number of carbonyl (C=O) groups excluding carboxylic acids is 1. The van der Waals surface area contributed by atoms with Gasteiger partial charge in [0.1, 0.15) is 5.75 Å². The number of amides is 1. The lowest BCUT2D eigenvalue weighted by Crippen LogP contribution is -2.22. The molecule has 0 fully saturated rings. The predicted molar refractivity (Wildman–Crippen MR) is 108 cm³/mol. The van der Waals surface area contributed by atoms with Crippen LogP contribution in [-0.4, -0.2) is 12.5 Å². The molecule has 0 spiro atoms. The van der Waals surface area contributed by atoms with Crippen molar-refractivity contribution in [3.63, 3.8) is 0 Å². The summed E-state index contributed by atoms with van der Waals surface area (Å²) < 4.78 is 6.56. The van der Waals surface area contributed by atoms with Crippen molar-refractivity contribution >= 4 is 27.5 Å². The minimum Gasteiger partial charge on any atom is -0.483 e. The Balaban J connectivity index is 2.05. The first-order chi connectivity index (χ1) is 12.0. The third kappa shape index (κ3) is 5.08. The van der Waals surface area contributed by atoms with Crippen molar-refractivity contribution in [2.24, 2.45) is 0 Å². The summed E-state index contributed by atoms with van der Waals surface area (Å²) in [6.45, 7) is 8.46. The summed E-state index contributed by atoms with van der Waals surface area (Å²) in [6, 6.07) is 12.1. The Kier molecular flexibility index (Phi) is 7.06. The summed E-state index contributed by atoms with van der Waals surface area (Å²) in [5.74, 6) is 0.987. The Morgan fingerprint density at radius 2 is 1.76 bits per heavy atom. The van der Waals surface area contributed by atoms with Crippen LogP contribution < -0.4 is 10.1 Å². The lowest BCUT2D eigenvalue weighted by Gasteiger charge is -2.15. The molecule has 3 nitrogen and oxygen atoms in total. The number of anilines is 1. The minimum absolute atomic E-state index is 0.0131. The number of hydrogen-bond donors (Lipinski definition) is 1. The normalized spacial score (nSPS) is 10.8. The van der Waals surface area contributed by atoms with Gasteiger partial charge < -0.3 is 10.1 Å². The third-order valence-electron chi connectivity index (χ3n) is 4.24. The second-order valence-electron chi connectivity index (χ2n) is 6.34. The summed E-state index contributed by atoms with van der Waals surface area (Å²) in [5, 5.41) is 3.02. The van der Waals surface area contributed by atoms with Crippen molar-refractivity contribution in [1.82, 2.24) is 0 Å². The van der Waals surface area contributed by atoms with Gasteiger partial charge >= 0.3 is 0 Å². The molecule has 0 aromatic heterocycles. The number of rotatable bonds is 7. The van der Waals surface area contributed by atoms with E-state index in [0.717, 1.165) is 34.1 Å². The molecule has 134 valence electrons. The van der Waals surface area contributed by atoms with Crippen LogP contribution in [0.1, 0.15) is 50.3 Å². The van der Waals surface area contributed by atoms with E-state index < -0.39 is 0 Å². The van der Waals surface area contributed by atoms with Crippen LogP contribution in [0.15, 0.2) is 40.9 Å². The molecule has 0 saturated carbocycles. The molecule has 0 atom stereocenters. The lowest BCUT2D eigenvalue weighted by molar-refractivity contribution is -0.118. The standard InChI is InChI=1S/C21H26BrNO2/c1-5-15-8-7-9-16(6-2)21(15)23-20(24)13-25-19-11-10-17(14(3)4)12-18(19)22/h7-12,14H,5-6,13H2,1-4H3,(H,23,24). The number of halogens is 1. The average Bonchev–Trinajstić information content (AvgIpc) is 2.60. The number of aryl methyl sites for hydroxylation is 2. The van der Waals surface area contributed by atoms with Crippen LogP contribution in [-0.2, 0) is 17.6 Å². The number of para-hydroxylation sites is 1. The molecule has 1 N–H and O–H groups in total. The summed E-state index contributed by atoms with van der Waals surface area (Å²) >= 11 is 3.52. The summed E-state index contributed by atoms with van der Waals surface area (Å²) in [6.07, 6.45) is 1.76. The summed E-state index contributed by atoms with van der Waals surface area (Å²) in [4.78, 5) is 12.4. The van der Waals surface area contributed by atoms with Gasteiger partial charge in [-0.3, -0.25) is 4.79 Å². The second kappa shape index (κ2) is 9.04. The molecule has 0 aliphatic rings. The zero-order valence-corrected chi connectivity index (χ0v) is 16.9. The third-order valence-corrected chi connectivity index (χ3v) is 4.86. The van der Waals surface area contributed by atoms with Gasteiger partial charge in [-0.1, -0.05) is 52.0 Å². The van der Waals surface area contributed by atoms with Crippen LogP contribution in [0.3, 0.4) is 0 Å². The molecule has 2 rings (SSSR count). The van der Waals surface area contributed by atoms with Crippen molar-refractivity contribution in [2.75, 3.05) is 11.9 Å². The van der Waals surface area contributed by atoms with Crippen molar-refractivity contribution < 1.29 is 9.53 Å². The smallest absolute Gasteiger partial charge is 0.262 e. The van der Waals surface area contributed by atoms with Crippen molar-refractivity contribution in [3.8, 4) is 5.75 Å². The fourth-order valence-corrected chi connectivity index (χ4v) is 3.23. The van der Waals surface area contributed by atoms with Gasteiger partial charge in [-0.05, 0) is 63.5 Å². The fourth-order valence-electron chi connectivity index (χ4n) is 2.72. The monoisotopic (exact) mass is 403 g/mol. The molecule has 2 aromatic carbocycles. The molecule has 0 bridgehead atoms. The van der Waals surface area contributed by atoms with E-state index in [1.807, 2.05) is 24.3 Å². The van der Waals surface area contributed by atoms with E-state index in [-0.39, 0.29) is 12.5 Å². The zero-order valence-electron chi connectivity index (χ0n) is 15.4. The van der Waals surface area contributed by atoms with E-state index in [9.17, 15) is 4.79 Å². The van der Waals surface area contributed by atoms with E-state index in [4.69, 9.17) is 4.74 Å². The number of nitrogens with one attached hydrogen (secondary N) is 1. The number of carbonyl (C=O) groups is 1. The Morgan fingerprint density at radius 3 is 2.28 bits per heavy atom. The molecule has 2 aromatic rings. The number of benzene rings is 2. The van der Waals surface area contributed by atoms with Crippen LogP contribution >= 0.6 is 15.9 Å². The van der Waals surface area contributed by atoms with E-state index >= 15 is 0 Å². The first-order valence-corrected chi connectivity index (χ1v) is 9.58. The Hall–Kier alpha value is -1.81. The van der Waals surface area contributed by atoms with Gasteiger partial charge in [-0.2, -0.15) is 0 Å². The van der Waals surface area contributed by atoms with Crippen LogP contribution in [0.2, 0.25) is 0 Å². The summed E-state index contributed by atoms with van der Waals surface area (Å²) in [5.41, 5.74) is 4.45. The second-order valence-corrected chi connectivity index (χ2v) is 7.19. The topological polar surface area (TPSA) is 38.3 Å². The first-order valence-electron chi connectivity index (χ1n) is 8.79. The van der Waals surface area contributed by atoms with E-state index in [1.165, 1.54) is 5.56 Å². The Labute approximate surface area is 158 Å². The highest BCUT2D eigenvalue weighted by Gasteiger charge is 2.12. The minimum atomic E-state index is -0.143. The molecule has 0 heterocycles. The van der Waals surface area contributed by atoms with Crippen molar-refractivity contribution in [3.05, 3.63) is 57.6 Å². The molecule has 0 aliphatic carbocycles. The van der Waals surface area contributed by atoms with Crippen LogP contribution in [0.5, 0.6) is 5.75 Å². The van der Waals surface area contributed by atoms with Gasteiger partial charge in [0, 0.05) is 5.69 Å². The predicted octanol–water partition coefficient (Wildman–Crippen LogP) is 5.71. The van der Waals surface area contributed by atoms with Crippen LogP contribution in [0, 0.1) is 0 Å². The Morgan fingerprint density at radius 1 is 1.12 bits per heavy atom. The maximum atomic E-state index is 12.4. The van der Waals surface area contributed by atoms with Crippen LogP contribution in [0.25, 0.3) is 0 Å². The highest BCUT2D eigenvalue weighted by atomic mass is 79.9. The summed E-state index contributed by atoms with van der Waals surface area (Å²) in [7, 11) is 0.